The summed E-state index contributed by atoms with van der Waals surface area (Å²) in [5.74, 6) is 1.28. The maximum Gasteiger partial charge on any atom is 0.361 e. The van der Waals surface area contributed by atoms with Crippen molar-refractivity contribution < 1.29 is 19.0 Å². The van der Waals surface area contributed by atoms with Gasteiger partial charge in [-0.15, -0.1) is 5.10 Å². The van der Waals surface area contributed by atoms with Crippen LogP contribution >= 0.6 is 23.2 Å². The lowest BCUT2D eigenvalue weighted by Gasteiger charge is -2.11. The van der Waals surface area contributed by atoms with Crippen LogP contribution in [0.1, 0.15) is 23.0 Å². The van der Waals surface area contributed by atoms with Crippen LogP contribution in [0.4, 0.5) is 0 Å². The molecule has 174 valence electrons. The van der Waals surface area contributed by atoms with Crippen molar-refractivity contribution in [3.05, 3.63) is 88.0 Å². The average molecular weight is 498 g/mol. The first-order valence-corrected chi connectivity index (χ1v) is 11.2. The molecule has 4 aromatic rings. The van der Waals surface area contributed by atoms with Gasteiger partial charge in [-0.25, -0.2) is 9.48 Å². The largest absolute Gasteiger partial charge is 0.497 e. The molecule has 3 aromatic carbocycles. The number of hydrogen-bond acceptors (Lipinski definition) is 6. The van der Waals surface area contributed by atoms with Crippen LogP contribution in [-0.4, -0.2) is 34.7 Å². The van der Waals surface area contributed by atoms with E-state index in [0.29, 0.717) is 39.3 Å². The van der Waals surface area contributed by atoms with Gasteiger partial charge in [0.2, 0.25) is 0 Å². The Hall–Kier alpha value is -3.55. The van der Waals surface area contributed by atoms with Gasteiger partial charge in [0.15, 0.2) is 5.69 Å². The molecule has 9 heteroatoms. The highest BCUT2D eigenvalue weighted by atomic mass is 35.5. The Labute approximate surface area is 206 Å². The van der Waals surface area contributed by atoms with Crippen LogP contribution in [0.25, 0.3) is 11.3 Å². The van der Waals surface area contributed by atoms with E-state index in [-0.39, 0.29) is 12.3 Å². The minimum absolute atomic E-state index is 0.127. The van der Waals surface area contributed by atoms with E-state index in [2.05, 4.69) is 10.3 Å². The van der Waals surface area contributed by atoms with Crippen LogP contribution in [0.15, 0.2) is 66.7 Å². The fraction of sp³-hybridized carbons (Fsp3) is 0.160. The molecule has 4 rings (SSSR count). The van der Waals surface area contributed by atoms with Crippen molar-refractivity contribution >= 4 is 29.2 Å². The molecule has 0 atom stereocenters. The van der Waals surface area contributed by atoms with Gasteiger partial charge in [0, 0.05) is 11.6 Å². The van der Waals surface area contributed by atoms with Crippen LogP contribution < -0.4 is 9.47 Å². The highest BCUT2D eigenvalue weighted by molar-refractivity contribution is 6.42. The molecule has 0 saturated heterocycles. The van der Waals surface area contributed by atoms with Crippen molar-refractivity contribution in [2.24, 2.45) is 0 Å². The molecule has 7 nitrogen and oxygen atoms in total. The summed E-state index contributed by atoms with van der Waals surface area (Å²) >= 11 is 12.1. The van der Waals surface area contributed by atoms with Crippen molar-refractivity contribution in [2.75, 3.05) is 13.7 Å². The number of ether oxygens (including phenoxy) is 3. The molecule has 0 N–H and O–H groups in total. The van der Waals surface area contributed by atoms with Crippen LogP contribution in [-0.2, 0) is 11.3 Å². The Kier molecular flexibility index (Phi) is 7.35. The van der Waals surface area contributed by atoms with Crippen molar-refractivity contribution in [3.8, 4) is 28.5 Å². The van der Waals surface area contributed by atoms with Gasteiger partial charge in [0.05, 0.1) is 30.3 Å². The fourth-order valence-electron chi connectivity index (χ4n) is 3.33. The van der Waals surface area contributed by atoms with E-state index in [4.69, 9.17) is 37.4 Å². The van der Waals surface area contributed by atoms with Gasteiger partial charge >= 0.3 is 5.97 Å². The summed E-state index contributed by atoms with van der Waals surface area (Å²) in [5, 5.41) is 9.18. The minimum Gasteiger partial charge on any atom is -0.497 e. The van der Waals surface area contributed by atoms with Crippen LogP contribution in [0.2, 0.25) is 10.0 Å². The predicted octanol–water partition coefficient (Wildman–Crippen LogP) is 6.28. The van der Waals surface area contributed by atoms with E-state index < -0.39 is 5.97 Å². The second-order valence-electron chi connectivity index (χ2n) is 7.22. The van der Waals surface area contributed by atoms with Crippen molar-refractivity contribution in [2.45, 2.75) is 13.5 Å². The summed E-state index contributed by atoms with van der Waals surface area (Å²) in [5.41, 5.74) is 2.31. The number of benzene rings is 3. The number of esters is 1. The Balaban J connectivity index is 1.70. The van der Waals surface area contributed by atoms with Gasteiger partial charge in [-0.1, -0.05) is 52.7 Å². The lowest BCUT2D eigenvalue weighted by molar-refractivity contribution is 0.0520. The number of carbonyl (C=O) groups is 1. The van der Waals surface area contributed by atoms with Crippen LogP contribution in [0.5, 0.6) is 17.2 Å². The highest BCUT2D eigenvalue weighted by Gasteiger charge is 2.23. The maximum atomic E-state index is 12.6. The number of methoxy groups -OCH3 is 1. The van der Waals surface area contributed by atoms with Crippen LogP contribution in [0, 0.1) is 0 Å². The second-order valence-corrected chi connectivity index (χ2v) is 8.03. The van der Waals surface area contributed by atoms with Gasteiger partial charge in [-0.3, -0.25) is 0 Å². The first-order valence-electron chi connectivity index (χ1n) is 10.5. The van der Waals surface area contributed by atoms with E-state index in [1.165, 1.54) is 0 Å². The van der Waals surface area contributed by atoms with E-state index in [9.17, 15) is 4.79 Å². The molecular formula is C25H21Cl2N3O4. The molecule has 0 spiro atoms. The Bertz CT molecular complexity index is 1310. The molecular weight excluding hydrogens is 477 g/mol. The highest BCUT2D eigenvalue weighted by Crippen LogP contribution is 2.32. The third-order valence-corrected chi connectivity index (χ3v) is 5.67. The van der Waals surface area contributed by atoms with E-state index >= 15 is 0 Å². The topological polar surface area (TPSA) is 75.5 Å². The fourth-order valence-corrected chi connectivity index (χ4v) is 3.62. The third kappa shape index (κ3) is 5.32. The standard InChI is InChI=1S/C25H21Cl2N3O4/c1-3-33-25(31)23-24(30(29-28-23)15-16-7-9-18(32-2)10-8-16)17-5-4-6-19(13-17)34-20-11-12-21(26)22(27)14-20/h4-14H,3,15H2,1-2H3. The zero-order valence-electron chi connectivity index (χ0n) is 18.5. The molecule has 0 aliphatic heterocycles. The van der Waals surface area contributed by atoms with Gasteiger partial charge in [-0.2, -0.15) is 0 Å². The van der Waals surface area contributed by atoms with Gasteiger partial charge in [-0.05, 0) is 48.9 Å². The lowest BCUT2D eigenvalue weighted by atomic mass is 10.1. The summed E-state index contributed by atoms with van der Waals surface area (Å²) in [6.07, 6.45) is 0. The zero-order valence-corrected chi connectivity index (χ0v) is 20.0. The molecule has 0 fully saturated rings. The molecule has 0 amide bonds. The number of halogens is 2. The average Bonchev–Trinajstić information content (AvgIpc) is 3.26. The summed E-state index contributed by atoms with van der Waals surface area (Å²) in [6, 6.07) is 19.9. The summed E-state index contributed by atoms with van der Waals surface area (Å²) in [7, 11) is 1.61. The third-order valence-electron chi connectivity index (χ3n) is 4.93. The molecule has 0 unspecified atom stereocenters. The summed E-state index contributed by atoms with van der Waals surface area (Å²) in [4.78, 5) is 12.6. The smallest absolute Gasteiger partial charge is 0.361 e. The SMILES string of the molecule is CCOC(=O)c1nnn(Cc2ccc(OC)cc2)c1-c1cccc(Oc2ccc(Cl)c(Cl)c2)c1. The Morgan fingerprint density at radius 1 is 0.941 bits per heavy atom. The summed E-state index contributed by atoms with van der Waals surface area (Å²) < 4.78 is 18.1. The molecule has 0 aliphatic carbocycles. The molecule has 0 saturated carbocycles. The molecule has 0 aliphatic rings. The van der Waals surface area contributed by atoms with E-state index in [1.54, 1.807) is 49.0 Å². The van der Waals surface area contributed by atoms with E-state index in [0.717, 1.165) is 11.3 Å². The van der Waals surface area contributed by atoms with E-state index in [1.807, 2.05) is 36.4 Å². The lowest BCUT2D eigenvalue weighted by Crippen LogP contribution is -2.09. The minimum atomic E-state index is -0.547. The van der Waals surface area contributed by atoms with Gasteiger partial charge in [0.25, 0.3) is 0 Å². The Morgan fingerprint density at radius 2 is 1.68 bits per heavy atom. The van der Waals surface area contributed by atoms with Crippen molar-refractivity contribution in [1.82, 2.24) is 15.0 Å². The zero-order chi connectivity index (χ0) is 24.1. The quantitative estimate of drug-likeness (QED) is 0.266. The first kappa shape index (κ1) is 23.6. The van der Waals surface area contributed by atoms with Crippen LogP contribution in [0.3, 0.4) is 0 Å². The number of carbonyl (C=O) groups excluding carboxylic acids is 1. The van der Waals surface area contributed by atoms with Gasteiger partial charge < -0.3 is 14.2 Å². The molecule has 0 bridgehead atoms. The normalized spacial score (nSPS) is 10.7. The Morgan fingerprint density at radius 3 is 2.38 bits per heavy atom. The van der Waals surface area contributed by atoms with Gasteiger partial charge in [0.1, 0.15) is 22.9 Å². The predicted molar refractivity (Wildman–Crippen MR) is 130 cm³/mol. The second kappa shape index (κ2) is 10.6. The molecule has 1 aromatic heterocycles. The number of nitrogens with zero attached hydrogens (tertiary/aromatic N) is 3. The number of hydrogen-bond donors (Lipinski definition) is 0. The molecule has 1 heterocycles. The van der Waals surface area contributed by atoms with Crippen molar-refractivity contribution in [1.29, 1.82) is 0 Å². The number of rotatable bonds is 8. The molecule has 34 heavy (non-hydrogen) atoms. The van der Waals surface area contributed by atoms with Crippen molar-refractivity contribution in [3.63, 3.8) is 0 Å². The maximum absolute atomic E-state index is 12.6. The monoisotopic (exact) mass is 497 g/mol. The first-order chi connectivity index (χ1) is 16.5. The number of aromatic nitrogens is 3. The summed E-state index contributed by atoms with van der Waals surface area (Å²) in [6.45, 7) is 2.36. The molecule has 0 radical (unpaired) electrons.